The van der Waals surface area contributed by atoms with Crippen molar-refractivity contribution in [2.24, 2.45) is 0 Å². The van der Waals surface area contributed by atoms with Gasteiger partial charge in [0, 0.05) is 18.7 Å². The van der Waals surface area contributed by atoms with Crippen molar-refractivity contribution >= 4 is 17.2 Å². The first-order chi connectivity index (χ1) is 13.1. The number of carbonyl (C=O) groups excluding carboxylic acids is 1. The number of nitrogens with zero attached hydrogens (tertiary/aromatic N) is 3. The molecule has 4 rings (SSSR count). The summed E-state index contributed by atoms with van der Waals surface area (Å²) in [5.74, 6) is 0.973. The zero-order chi connectivity index (χ0) is 18.8. The number of rotatable bonds is 3. The maximum atomic E-state index is 13.0. The average Bonchev–Trinajstić information content (AvgIpc) is 2.88. The fourth-order valence-corrected chi connectivity index (χ4v) is 4.86. The number of fused-ring (bicyclic) bond motifs is 1. The Bertz CT molecular complexity index is 827. The van der Waals surface area contributed by atoms with Crippen LogP contribution in [0.25, 0.3) is 0 Å². The zero-order valence-electron chi connectivity index (χ0n) is 16.2. The molecule has 0 bridgehead atoms. The number of hydrogen-bond donors (Lipinski definition) is 0. The zero-order valence-corrected chi connectivity index (χ0v) is 17.0. The second kappa shape index (κ2) is 7.98. The van der Waals surface area contributed by atoms with Gasteiger partial charge in [0.15, 0.2) is 0 Å². The van der Waals surface area contributed by atoms with Crippen LogP contribution in [0.2, 0.25) is 0 Å². The molecular formula is C21H27N3O2S. The van der Waals surface area contributed by atoms with Crippen molar-refractivity contribution in [3.63, 3.8) is 0 Å². The molecule has 2 aliphatic rings. The number of aromatic nitrogens is 1. The highest BCUT2D eigenvalue weighted by atomic mass is 32.1. The summed E-state index contributed by atoms with van der Waals surface area (Å²) in [6.45, 7) is 8.93. The number of aryl methyl sites for hydroxylation is 2. The lowest BCUT2D eigenvalue weighted by Gasteiger charge is -2.26. The summed E-state index contributed by atoms with van der Waals surface area (Å²) >= 11 is 1.48. The molecule has 2 aromatic rings. The predicted octanol–water partition coefficient (Wildman–Crippen LogP) is 3.78. The van der Waals surface area contributed by atoms with Gasteiger partial charge in [0.25, 0.3) is 5.91 Å². The monoisotopic (exact) mass is 385 g/mol. The van der Waals surface area contributed by atoms with Crippen LogP contribution in [0.1, 0.15) is 50.8 Å². The predicted molar refractivity (Wildman–Crippen MR) is 107 cm³/mol. The summed E-state index contributed by atoms with van der Waals surface area (Å²) < 4.78 is 5.93. The number of likely N-dealkylation sites (tertiary alicyclic amines) is 1. The second-order valence-corrected chi connectivity index (χ2v) is 8.70. The first-order valence-electron chi connectivity index (χ1n) is 9.80. The molecule has 5 nitrogen and oxygen atoms in total. The highest BCUT2D eigenvalue weighted by molar-refractivity contribution is 7.13. The number of ether oxygens (including phenoxy) is 1. The van der Waals surface area contributed by atoms with Gasteiger partial charge >= 0.3 is 0 Å². The molecule has 0 radical (unpaired) electrons. The Labute approximate surface area is 165 Å². The normalized spacial score (nSPS) is 17.9. The molecule has 1 aromatic carbocycles. The van der Waals surface area contributed by atoms with Crippen molar-refractivity contribution in [1.82, 2.24) is 14.8 Å². The van der Waals surface area contributed by atoms with Gasteiger partial charge in [-0.1, -0.05) is 12.5 Å². The van der Waals surface area contributed by atoms with Crippen LogP contribution < -0.4 is 4.74 Å². The van der Waals surface area contributed by atoms with E-state index in [-0.39, 0.29) is 5.91 Å². The summed E-state index contributed by atoms with van der Waals surface area (Å²) in [5.41, 5.74) is 3.24. The Kier molecular flexibility index (Phi) is 5.45. The Morgan fingerprint density at radius 3 is 2.74 bits per heavy atom. The molecule has 0 atom stereocenters. The second-order valence-electron chi connectivity index (χ2n) is 7.50. The third-order valence-electron chi connectivity index (χ3n) is 5.34. The minimum absolute atomic E-state index is 0.0657. The van der Waals surface area contributed by atoms with Gasteiger partial charge in [0.2, 0.25) is 0 Å². The van der Waals surface area contributed by atoms with E-state index in [1.54, 1.807) is 0 Å². The maximum absolute atomic E-state index is 13.0. The molecule has 1 saturated heterocycles. The topological polar surface area (TPSA) is 45.7 Å². The molecule has 3 heterocycles. The van der Waals surface area contributed by atoms with E-state index in [9.17, 15) is 4.79 Å². The number of carbonyl (C=O) groups is 1. The maximum Gasteiger partial charge on any atom is 0.266 e. The van der Waals surface area contributed by atoms with E-state index in [0.717, 1.165) is 33.4 Å². The molecule has 0 unspecified atom stereocenters. The Balaban J connectivity index is 1.52. The van der Waals surface area contributed by atoms with Crippen LogP contribution in [0, 0.1) is 13.8 Å². The molecule has 1 fully saturated rings. The van der Waals surface area contributed by atoms with Gasteiger partial charge in [-0.15, -0.1) is 11.3 Å². The van der Waals surface area contributed by atoms with Gasteiger partial charge in [-0.3, -0.25) is 9.69 Å². The smallest absolute Gasteiger partial charge is 0.266 e. The molecule has 0 aliphatic carbocycles. The standard InChI is InChI=1S/C21H27N3O2S/c1-15-20(27-16(2)22-15)21(25)24-10-11-26-19-7-6-17(12-18(19)14-24)13-23-8-4-3-5-9-23/h6-7,12H,3-5,8-11,13-14H2,1-2H3. The molecule has 1 amide bonds. The number of hydrogen-bond acceptors (Lipinski definition) is 5. The number of benzene rings is 1. The van der Waals surface area contributed by atoms with Gasteiger partial charge in [-0.25, -0.2) is 4.98 Å². The first kappa shape index (κ1) is 18.4. The highest BCUT2D eigenvalue weighted by Crippen LogP contribution is 2.27. The third kappa shape index (κ3) is 4.17. The third-order valence-corrected chi connectivity index (χ3v) is 6.41. The fourth-order valence-electron chi connectivity index (χ4n) is 3.97. The molecule has 27 heavy (non-hydrogen) atoms. The van der Waals surface area contributed by atoms with Gasteiger partial charge < -0.3 is 9.64 Å². The van der Waals surface area contributed by atoms with E-state index in [2.05, 4.69) is 28.1 Å². The van der Waals surface area contributed by atoms with Crippen LogP contribution in [0.4, 0.5) is 0 Å². The van der Waals surface area contributed by atoms with E-state index in [1.165, 1.54) is 49.3 Å². The van der Waals surface area contributed by atoms with Crippen LogP contribution in [0.15, 0.2) is 18.2 Å². The van der Waals surface area contributed by atoms with E-state index in [1.807, 2.05) is 18.7 Å². The molecule has 2 aliphatic heterocycles. The SMILES string of the molecule is Cc1nc(C)c(C(=O)N2CCOc3ccc(CN4CCCCC4)cc3C2)s1. The van der Waals surface area contributed by atoms with Crippen molar-refractivity contribution in [3.8, 4) is 5.75 Å². The summed E-state index contributed by atoms with van der Waals surface area (Å²) in [5, 5.41) is 0.936. The number of piperidine rings is 1. The molecule has 144 valence electrons. The molecule has 0 N–H and O–H groups in total. The van der Waals surface area contributed by atoms with Gasteiger partial charge in [0.1, 0.15) is 17.2 Å². The summed E-state index contributed by atoms with van der Waals surface area (Å²) in [4.78, 5) is 22.6. The summed E-state index contributed by atoms with van der Waals surface area (Å²) in [6, 6.07) is 6.46. The number of thiazole rings is 1. The Morgan fingerprint density at radius 1 is 1.19 bits per heavy atom. The van der Waals surface area contributed by atoms with E-state index in [4.69, 9.17) is 4.74 Å². The van der Waals surface area contributed by atoms with E-state index >= 15 is 0 Å². The highest BCUT2D eigenvalue weighted by Gasteiger charge is 2.24. The minimum Gasteiger partial charge on any atom is -0.491 e. The van der Waals surface area contributed by atoms with Crippen LogP contribution in [0.3, 0.4) is 0 Å². The van der Waals surface area contributed by atoms with Crippen LogP contribution in [-0.2, 0) is 13.1 Å². The quantitative estimate of drug-likeness (QED) is 0.807. The van der Waals surface area contributed by atoms with E-state index < -0.39 is 0 Å². The first-order valence-corrected chi connectivity index (χ1v) is 10.6. The van der Waals surface area contributed by atoms with Gasteiger partial charge in [-0.05, 0) is 57.5 Å². The van der Waals surface area contributed by atoms with Crippen molar-refractivity contribution in [1.29, 1.82) is 0 Å². The lowest BCUT2D eigenvalue weighted by Crippen LogP contribution is -2.32. The lowest BCUT2D eigenvalue weighted by atomic mass is 10.1. The van der Waals surface area contributed by atoms with Crippen molar-refractivity contribution in [2.75, 3.05) is 26.2 Å². The molecule has 6 heteroatoms. The van der Waals surface area contributed by atoms with Gasteiger partial charge in [0.05, 0.1) is 17.2 Å². The Morgan fingerprint density at radius 2 is 2.00 bits per heavy atom. The van der Waals surface area contributed by atoms with Crippen molar-refractivity contribution in [3.05, 3.63) is 44.9 Å². The van der Waals surface area contributed by atoms with Crippen LogP contribution in [-0.4, -0.2) is 46.9 Å². The Hall–Kier alpha value is -1.92. The van der Waals surface area contributed by atoms with Gasteiger partial charge in [-0.2, -0.15) is 0 Å². The summed E-state index contributed by atoms with van der Waals surface area (Å²) in [7, 11) is 0. The van der Waals surface area contributed by atoms with E-state index in [0.29, 0.717) is 19.7 Å². The number of amides is 1. The minimum atomic E-state index is 0.0657. The largest absolute Gasteiger partial charge is 0.491 e. The molecule has 1 aromatic heterocycles. The van der Waals surface area contributed by atoms with Crippen molar-refractivity contribution in [2.45, 2.75) is 46.2 Å². The molecule has 0 saturated carbocycles. The lowest BCUT2D eigenvalue weighted by molar-refractivity contribution is 0.0737. The van der Waals surface area contributed by atoms with Crippen molar-refractivity contribution < 1.29 is 9.53 Å². The molecular weight excluding hydrogens is 358 g/mol. The summed E-state index contributed by atoms with van der Waals surface area (Å²) in [6.07, 6.45) is 3.94. The average molecular weight is 386 g/mol. The van der Waals surface area contributed by atoms with Crippen LogP contribution in [0.5, 0.6) is 5.75 Å². The molecule has 0 spiro atoms. The fraction of sp³-hybridized carbons (Fsp3) is 0.524. The van der Waals surface area contributed by atoms with Crippen LogP contribution >= 0.6 is 11.3 Å².